The number of ether oxygens (including phenoxy) is 1. The Labute approximate surface area is 163 Å². The zero-order chi connectivity index (χ0) is 19.9. The van der Waals surface area contributed by atoms with Gasteiger partial charge in [-0.3, -0.25) is 14.9 Å². The molecule has 8 heteroatoms. The fourth-order valence-corrected chi connectivity index (χ4v) is 3.16. The molecule has 2 aromatic rings. The number of anilines is 1. The SMILES string of the molecule is CCc1cccc(OCC(=O)N2CCCN(c3ccc([N+](=O)[O-])cn3)CC2)c1. The summed E-state index contributed by atoms with van der Waals surface area (Å²) in [7, 11) is 0. The summed E-state index contributed by atoms with van der Waals surface area (Å²) in [6, 6.07) is 10.9. The maximum atomic E-state index is 12.5. The van der Waals surface area contributed by atoms with Crippen LogP contribution >= 0.6 is 0 Å². The first-order valence-corrected chi connectivity index (χ1v) is 9.41. The van der Waals surface area contributed by atoms with Crippen molar-refractivity contribution in [2.24, 2.45) is 0 Å². The molecule has 0 unspecified atom stereocenters. The van der Waals surface area contributed by atoms with E-state index in [9.17, 15) is 14.9 Å². The Bertz CT molecular complexity index is 825. The standard InChI is InChI=1S/C20H24N4O4/c1-2-16-5-3-6-18(13-16)28-15-20(25)23-10-4-9-22(11-12-23)19-8-7-17(14-21-19)24(26)27/h3,5-8,13-14H,2,4,9-12,15H2,1H3. The van der Waals surface area contributed by atoms with Gasteiger partial charge >= 0.3 is 0 Å². The average molecular weight is 384 g/mol. The van der Waals surface area contributed by atoms with Crippen molar-refractivity contribution in [2.45, 2.75) is 19.8 Å². The average Bonchev–Trinajstić information content (AvgIpc) is 2.98. The van der Waals surface area contributed by atoms with Gasteiger partial charge in [0, 0.05) is 32.2 Å². The molecule has 0 N–H and O–H groups in total. The van der Waals surface area contributed by atoms with E-state index in [1.165, 1.54) is 17.8 Å². The normalized spacial score (nSPS) is 14.5. The molecule has 1 aliphatic rings. The van der Waals surface area contributed by atoms with Crippen LogP contribution in [0.1, 0.15) is 18.9 Å². The van der Waals surface area contributed by atoms with Gasteiger partial charge in [-0.05, 0) is 36.6 Å². The van der Waals surface area contributed by atoms with Gasteiger partial charge in [-0.15, -0.1) is 0 Å². The third kappa shape index (κ3) is 4.97. The Morgan fingerprint density at radius 1 is 1.21 bits per heavy atom. The molecular weight excluding hydrogens is 360 g/mol. The van der Waals surface area contributed by atoms with Crippen LogP contribution in [-0.4, -0.2) is 53.5 Å². The number of benzene rings is 1. The topological polar surface area (TPSA) is 88.8 Å². The second kappa shape index (κ2) is 9.16. The maximum absolute atomic E-state index is 12.5. The van der Waals surface area contributed by atoms with Gasteiger partial charge in [0.25, 0.3) is 11.6 Å². The van der Waals surface area contributed by atoms with E-state index in [0.717, 1.165) is 19.4 Å². The predicted octanol–water partition coefficient (Wildman–Crippen LogP) is 2.67. The zero-order valence-electron chi connectivity index (χ0n) is 15.9. The van der Waals surface area contributed by atoms with E-state index in [1.807, 2.05) is 29.2 Å². The lowest BCUT2D eigenvalue weighted by molar-refractivity contribution is -0.385. The van der Waals surface area contributed by atoms with Crippen LogP contribution in [0.15, 0.2) is 42.6 Å². The van der Waals surface area contributed by atoms with E-state index in [1.54, 1.807) is 11.0 Å². The zero-order valence-corrected chi connectivity index (χ0v) is 15.9. The third-order valence-electron chi connectivity index (χ3n) is 4.78. The number of pyridine rings is 1. The number of aryl methyl sites for hydroxylation is 1. The van der Waals surface area contributed by atoms with Crippen molar-refractivity contribution in [3.8, 4) is 5.75 Å². The Kier molecular flexibility index (Phi) is 6.41. The second-order valence-corrected chi connectivity index (χ2v) is 6.64. The van der Waals surface area contributed by atoms with Crippen molar-refractivity contribution in [3.63, 3.8) is 0 Å². The summed E-state index contributed by atoms with van der Waals surface area (Å²) in [6.45, 7) is 4.68. The first-order chi connectivity index (χ1) is 13.6. The summed E-state index contributed by atoms with van der Waals surface area (Å²) < 4.78 is 5.67. The third-order valence-corrected chi connectivity index (χ3v) is 4.78. The molecule has 8 nitrogen and oxygen atoms in total. The molecule has 1 amide bonds. The molecule has 148 valence electrons. The summed E-state index contributed by atoms with van der Waals surface area (Å²) in [5, 5.41) is 10.8. The molecule has 0 aliphatic carbocycles. The van der Waals surface area contributed by atoms with E-state index < -0.39 is 4.92 Å². The number of hydrogen-bond acceptors (Lipinski definition) is 6. The predicted molar refractivity (Wildman–Crippen MR) is 106 cm³/mol. The fraction of sp³-hybridized carbons (Fsp3) is 0.400. The summed E-state index contributed by atoms with van der Waals surface area (Å²) in [5.41, 5.74) is 1.14. The number of aromatic nitrogens is 1. The number of nitro groups is 1. The number of hydrogen-bond donors (Lipinski definition) is 0. The van der Waals surface area contributed by atoms with Gasteiger partial charge in [0.05, 0.1) is 4.92 Å². The molecule has 1 aliphatic heterocycles. The highest BCUT2D eigenvalue weighted by Crippen LogP contribution is 2.18. The van der Waals surface area contributed by atoms with Gasteiger partial charge in [-0.1, -0.05) is 19.1 Å². The highest BCUT2D eigenvalue weighted by molar-refractivity contribution is 5.78. The van der Waals surface area contributed by atoms with Crippen molar-refractivity contribution in [3.05, 3.63) is 58.3 Å². The molecule has 1 saturated heterocycles. The van der Waals surface area contributed by atoms with E-state index in [-0.39, 0.29) is 18.2 Å². The lowest BCUT2D eigenvalue weighted by Crippen LogP contribution is -2.38. The van der Waals surface area contributed by atoms with Crippen molar-refractivity contribution in [1.29, 1.82) is 0 Å². The number of nitrogens with zero attached hydrogens (tertiary/aromatic N) is 4. The summed E-state index contributed by atoms with van der Waals surface area (Å²) in [4.78, 5) is 30.9. The number of carbonyl (C=O) groups excluding carboxylic acids is 1. The number of amides is 1. The lowest BCUT2D eigenvalue weighted by Gasteiger charge is -2.22. The van der Waals surface area contributed by atoms with Crippen LogP contribution in [0.25, 0.3) is 0 Å². The van der Waals surface area contributed by atoms with Crippen molar-refractivity contribution < 1.29 is 14.5 Å². The highest BCUT2D eigenvalue weighted by Gasteiger charge is 2.20. The van der Waals surface area contributed by atoms with Crippen molar-refractivity contribution in [2.75, 3.05) is 37.7 Å². The van der Waals surface area contributed by atoms with Gasteiger partial charge in [0.15, 0.2) is 6.61 Å². The smallest absolute Gasteiger partial charge is 0.287 e. The van der Waals surface area contributed by atoms with E-state index >= 15 is 0 Å². The van der Waals surface area contributed by atoms with Gasteiger partial charge < -0.3 is 14.5 Å². The van der Waals surface area contributed by atoms with E-state index in [0.29, 0.717) is 31.2 Å². The van der Waals surface area contributed by atoms with Crippen LogP contribution in [0.2, 0.25) is 0 Å². The molecular formula is C20H24N4O4. The Morgan fingerprint density at radius 3 is 2.79 bits per heavy atom. The van der Waals surface area contributed by atoms with Crippen molar-refractivity contribution >= 4 is 17.4 Å². The minimum Gasteiger partial charge on any atom is -0.484 e. The monoisotopic (exact) mass is 384 g/mol. The summed E-state index contributed by atoms with van der Waals surface area (Å²) >= 11 is 0. The van der Waals surface area contributed by atoms with Crippen LogP contribution < -0.4 is 9.64 Å². The van der Waals surface area contributed by atoms with Crippen LogP contribution in [0, 0.1) is 10.1 Å². The molecule has 0 atom stereocenters. The minimum absolute atomic E-state index is 0.0168. The molecule has 0 saturated carbocycles. The van der Waals surface area contributed by atoms with Crippen LogP contribution in [-0.2, 0) is 11.2 Å². The summed E-state index contributed by atoms with van der Waals surface area (Å²) in [5.74, 6) is 1.35. The second-order valence-electron chi connectivity index (χ2n) is 6.64. The Hall–Kier alpha value is -3.16. The molecule has 28 heavy (non-hydrogen) atoms. The number of rotatable bonds is 6. The van der Waals surface area contributed by atoms with Crippen LogP contribution in [0.5, 0.6) is 5.75 Å². The molecule has 0 radical (unpaired) electrons. The number of carbonyl (C=O) groups is 1. The van der Waals surface area contributed by atoms with Crippen molar-refractivity contribution in [1.82, 2.24) is 9.88 Å². The first-order valence-electron chi connectivity index (χ1n) is 9.41. The Balaban J connectivity index is 1.53. The van der Waals surface area contributed by atoms with Crippen LogP contribution in [0.4, 0.5) is 11.5 Å². The maximum Gasteiger partial charge on any atom is 0.287 e. The molecule has 0 bridgehead atoms. The summed E-state index contributed by atoms with van der Waals surface area (Å²) in [6.07, 6.45) is 2.99. The molecule has 1 fully saturated rings. The van der Waals surface area contributed by atoms with E-state index in [4.69, 9.17) is 4.74 Å². The largest absolute Gasteiger partial charge is 0.484 e. The van der Waals surface area contributed by atoms with Gasteiger partial charge in [0.2, 0.25) is 0 Å². The molecule has 2 heterocycles. The molecule has 3 rings (SSSR count). The van der Waals surface area contributed by atoms with Gasteiger partial charge in [-0.2, -0.15) is 0 Å². The lowest BCUT2D eigenvalue weighted by atomic mass is 10.2. The minimum atomic E-state index is -0.462. The van der Waals surface area contributed by atoms with E-state index in [2.05, 4.69) is 11.9 Å². The molecule has 0 spiro atoms. The Morgan fingerprint density at radius 2 is 2.07 bits per heavy atom. The molecule has 1 aromatic carbocycles. The fourth-order valence-electron chi connectivity index (χ4n) is 3.16. The van der Waals surface area contributed by atoms with Gasteiger partial charge in [0.1, 0.15) is 17.8 Å². The quantitative estimate of drug-likeness (QED) is 0.562. The van der Waals surface area contributed by atoms with Crippen LogP contribution in [0.3, 0.4) is 0 Å². The highest BCUT2D eigenvalue weighted by atomic mass is 16.6. The van der Waals surface area contributed by atoms with Gasteiger partial charge in [-0.25, -0.2) is 4.98 Å². The molecule has 1 aromatic heterocycles. The first kappa shape index (κ1) is 19.6.